The van der Waals surface area contributed by atoms with Crippen LogP contribution in [0, 0.1) is 12.7 Å². The van der Waals surface area contributed by atoms with Crippen LogP contribution in [-0.4, -0.2) is 41.9 Å². The fourth-order valence-electron chi connectivity index (χ4n) is 3.29. The van der Waals surface area contributed by atoms with Crippen LogP contribution in [0.3, 0.4) is 0 Å². The van der Waals surface area contributed by atoms with Crippen LogP contribution < -0.4 is 0 Å². The Morgan fingerprint density at radius 2 is 2.00 bits per heavy atom. The number of thiophene rings is 1. The molecule has 1 amide bonds. The fourth-order valence-corrected chi connectivity index (χ4v) is 4.03. The van der Waals surface area contributed by atoms with Crippen LogP contribution >= 0.6 is 11.3 Å². The van der Waals surface area contributed by atoms with Crippen LogP contribution in [0.25, 0.3) is 11.0 Å². The summed E-state index contributed by atoms with van der Waals surface area (Å²) in [5.41, 5.74) is 0.875. The molecule has 4 rings (SSSR count). The van der Waals surface area contributed by atoms with Crippen molar-refractivity contribution in [1.82, 2.24) is 9.80 Å². The van der Waals surface area contributed by atoms with Gasteiger partial charge in [0.2, 0.25) is 0 Å². The van der Waals surface area contributed by atoms with Crippen molar-refractivity contribution in [2.45, 2.75) is 13.5 Å². The van der Waals surface area contributed by atoms with Crippen LogP contribution in [0.15, 0.2) is 40.1 Å². The Morgan fingerprint density at radius 1 is 1.20 bits per heavy atom. The zero-order valence-corrected chi connectivity index (χ0v) is 14.8. The number of carbonyl (C=O) groups is 1. The van der Waals surface area contributed by atoms with Crippen molar-refractivity contribution in [3.8, 4) is 0 Å². The predicted molar refractivity (Wildman–Crippen MR) is 96.4 cm³/mol. The number of hydrogen-bond acceptors (Lipinski definition) is 4. The quantitative estimate of drug-likeness (QED) is 0.712. The zero-order valence-electron chi connectivity index (χ0n) is 14.0. The number of piperazine rings is 1. The molecule has 4 nitrogen and oxygen atoms in total. The Balaban J connectivity index is 1.47. The highest BCUT2D eigenvalue weighted by Gasteiger charge is 2.27. The van der Waals surface area contributed by atoms with Crippen molar-refractivity contribution in [2.24, 2.45) is 0 Å². The highest BCUT2D eigenvalue weighted by atomic mass is 32.1. The summed E-state index contributed by atoms with van der Waals surface area (Å²) in [7, 11) is 0. The standard InChI is InChI=1S/C19H19FN2O2S/c1-13-15-5-2-6-16(20)18(15)24-17(13)19(23)22-9-7-21(8-10-22)12-14-4-3-11-25-14/h2-6,11H,7-10,12H2,1H3. The first-order valence-corrected chi connectivity index (χ1v) is 9.23. The van der Waals surface area contributed by atoms with Gasteiger partial charge < -0.3 is 9.32 Å². The molecule has 0 bridgehead atoms. The summed E-state index contributed by atoms with van der Waals surface area (Å²) < 4.78 is 19.5. The minimum absolute atomic E-state index is 0.149. The lowest BCUT2D eigenvalue weighted by Crippen LogP contribution is -2.48. The van der Waals surface area contributed by atoms with E-state index in [9.17, 15) is 9.18 Å². The van der Waals surface area contributed by atoms with Crippen molar-refractivity contribution < 1.29 is 13.6 Å². The fraction of sp³-hybridized carbons (Fsp3) is 0.316. The molecule has 0 atom stereocenters. The number of para-hydroxylation sites is 1. The molecule has 0 saturated carbocycles. The van der Waals surface area contributed by atoms with E-state index in [0.717, 1.165) is 19.6 Å². The average Bonchev–Trinajstić information content (AvgIpc) is 3.24. The highest BCUT2D eigenvalue weighted by molar-refractivity contribution is 7.09. The second-order valence-corrected chi connectivity index (χ2v) is 7.35. The first-order valence-electron chi connectivity index (χ1n) is 8.35. The van der Waals surface area contributed by atoms with E-state index >= 15 is 0 Å². The number of amides is 1. The molecule has 1 fully saturated rings. The molecule has 1 aromatic carbocycles. The summed E-state index contributed by atoms with van der Waals surface area (Å²) in [5, 5.41) is 2.75. The summed E-state index contributed by atoms with van der Waals surface area (Å²) in [5.74, 6) is -0.323. The van der Waals surface area contributed by atoms with E-state index < -0.39 is 5.82 Å². The van der Waals surface area contributed by atoms with E-state index in [1.807, 2.05) is 6.92 Å². The van der Waals surface area contributed by atoms with Crippen LogP contribution in [0.4, 0.5) is 4.39 Å². The van der Waals surface area contributed by atoms with Crippen LogP contribution in [0.2, 0.25) is 0 Å². The van der Waals surface area contributed by atoms with E-state index in [2.05, 4.69) is 22.4 Å². The van der Waals surface area contributed by atoms with Gasteiger partial charge in [-0.2, -0.15) is 0 Å². The van der Waals surface area contributed by atoms with Crippen molar-refractivity contribution >= 4 is 28.2 Å². The number of nitrogens with zero attached hydrogens (tertiary/aromatic N) is 2. The zero-order chi connectivity index (χ0) is 17.4. The molecular formula is C19H19FN2O2S. The molecule has 0 unspecified atom stereocenters. The number of halogens is 1. The minimum atomic E-state index is -0.430. The Kier molecular flexibility index (Phi) is 4.31. The lowest BCUT2D eigenvalue weighted by molar-refractivity contribution is 0.0600. The number of fused-ring (bicyclic) bond motifs is 1. The normalized spacial score (nSPS) is 15.8. The molecule has 1 aliphatic rings. The SMILES string of the molecule is Cc1c(C(=O)N2CCN(Cc3cccs3)CC2)oc2c(F)cccc12. The van der Waals surface area contributed by atoms with Gasteiger partial charge in [0.05, 0.1) is 0 Å². The number of benzene rings is 1. The molecule has 1 aliphatic heterocycles. The largest absolute Gasteiger partial charge is 0.448 e. The third kappa shape index (κ3) is 3.07. The maximum Gasteiger partial charge on any atom is 0.289 e. The Labute approximate surface area is 149 Å². The van der Waals surface area contributed by atoms with Crippen LogP contribution in [0.5, 0.6) is 0 Å². The van der Waals surface area contributed by atoms with E-state index in [1.165, 1.54) is 10.9 Å². The molecule has 3 heterocycles. The van der Waals surface area contributed by atoms with Gasteiger partial charge in [-0.3, -0.25) is 9.69 Å². The topological polar surface area (TPSA) is 36.7 Å². The second kappa shape index (κ2) is 6.61. The monoisotopic (exact) mass is 358 g/mol. The molecule has 6 heteroatoms. The van der Waals surface area contributed by atoms with Gasteiger partial charge in [-0.05, 0) is 24.4 Å². The average molecular weight is 358 g/mol. The van der Waals surface area contributed by atoms with E-state index in [0.29, 0.717) is 24.0 Å². The molecule has 0 spiro atoms. The van der Waals surface area contributed by atoms with E-state index in [-0.39, 0.29) is 17.3 Å². The molecular weight excluding hydrogens is 339 g/mol. The maximum atomic E-state index is 13.9. The van der Waals surface area contributed by atoms with Gasteiger partial charge in [0.25, 0.3) is 5.91 Å². The molecule has 0 aliphatic carbocycles. The molecule has 2 aromatic heterocycles. The van der Waals surface area contributed by atoms with Gasteiger partial charge in [-0.15, -0.1) is 11.3 Å². The minimum Gasteiger partial charge on any atom is -0.448 e. The van der Waals surface area contributed by atoms with Crippen molar-refractivity contribution in [2.75, 3.05) is 26.2 Å². The summed E-state index contributed by atoms with van der Waals surface area (Å²) in [4.78, 5) is 18.3. The first-order chi connectivity index (χ1) is 12.1. The van der Waals surface area contributed by atoms with Crippen molar-refractivity contribution in [3.05, 3.63) is 57.7 Å². The number of hydrogen-bond donors (Lipinski definition) is 0. The number of rotatable bonds is 3. The smallest absolute Gasteiger partial charge is 0.289 e. The Bertz CT molecular complexity index is 896. The molecule has 25 heavy (non-hydrogen) atoms. The predicted octanol–water partition coefficient (Wildman–Crippen LogP) is 3.90. The van der Waals surface area contributed by atoms with Gasteiger partial charge >= 0.3 is 0 Å². The number of carbonyl (C=O) groups excluding carboxylic acids is 1. The summed E-state index contributed by atoms with van der Waals surface area (Å²) in [6.07, 6.45) is 0. The maximum absolute atomic E-state index is 13.9. The number of furan rings is 1. The van der Waals surface area contributed by atoms with Gasteiger partial charge in [-0.1, -0.05) is 18.2 Å². The van der Waals surface area contributed by atoms with Crippen LogP contribution in [0.1, 0.15) is 21.0 Å². The van der Waals surface area contributed by atoms with Crippen LogP contribution in [-0.2, 0) is 6.54 Å². The summed E-state index contributed by atoms with van der Waals surface area (Å²) in [6.45, 7) is 5.71. The molecule has 3 aromatic rings. The van der Waals surface area contributed by atoms with Gasteiger partial charge in [0.15, 0.2) is 17.2 Å². The summed E-state index contributed by atoms with van der Waals surface area (Å²) >= 11 is 1.75. The Hall–Kier alpha value is -2.18. The molecule has 1 saturated heterocycles. The van der Waals surface area contributed by atoms with E-state index in [1.54, 1.807) is 28.4 Å². The third-order valence-corrected chi connectivity index (χ3v) is 5.59. The van der Waals surface area contributed by atoms with Gasteiger partial charge in [0.1, 0.15) is 0 Å². The number of aryl methyl sites for hydroxylation is 1. The van der Waals surface area contributed by atoms with Gasteiger partial charge in [0, 0.05) is 48.6 Å². The Morgan fingerprint density at radius 3 is 2.68 bits per heavy atom. The van der Waals surface area contributed by atoms with E-state index in [4.69, 9.17) is 4.42 Å². The highest BCUT2D eigenvalue weighted by Crippen LogP contribution is 2.28. The molecule has 0 N–H and O–H groups in total. The third-order valence-electron chi connectivity index (χ3n) is 4.73. The van der Waals surface area contributed by atoms with Crippen molar-refractivity contribution in [3.63, 3.8) is 0 Å². The molecule has 130 valence electrons. The summed E-state index contributed by atoms with van der Waals surface area (Å²) in [6, 6.07) is 8.96. The van der Waals surface area contributed by atoms with Gasteiger partial charge in [-0.25, -0.2) is 4.39 Å². The lowest BCUT2D eigenvalue weighted by Gasteiger charge is -2.34. The first kappa shape index (κ1) is 16.3. The molecule has 0 radical (unpaired) electrons. The second-order valence-electron chi connectivity index (χ2n) is 6.32. The van der Waals surface area contributed by atoms with Crippen molar-refractivity contribution in [1.29, 1.82) is 0 Å². The lowest BCUT2D eigenvalue weighted by atomic mass is 10.1.